The number of aliphatic imine (C=N–C) groups is 1. The molecule has 1 aromatic carbocycles. The van der Waals surface area contributed by atoms with Gasteiger partial charge in [0.25, 0.3) is 0 Å². The summed E-state index contributed by atoms with van der Waals surface area (Å²) in [6.07, 6.45) is 1.04. The van der Waals surface area contributed by atoms with Gasteiger partial charge >= 0.3 is 0 Å². The van der Waals surface area contributed by atoms with Gasteiger partial charge in [-0.1, -0.05) is 26.0 Å². The Labute approximate surface area is 164 Å². The number of benzene rings is 1. The molecule has 0 spiro atoms. The maximum atomic E-state index is 5.74. The molecule has 2 N–H and O–H groups in total. The third-order valence-corrected chi connectivity index (χ3v) is 3.30. The van der Waals surface area contributed by atoms with Crippen molar-refractivity contribution in [2.24, 2.45) is 10.9 Å². The van der Waals surface area contributed by atoms with E-state index in [0.717, 1.165) is 44.4 Å². The first-order valence-corrected chi connectivity index (χ1v) is 8.32. The highest BCUT2D eigenvalue weighted by Crippen LogP contribution is 2.12. The molecule has 5 nitrogen and oxygen atoms in total. The van der Waals surface area contributed by atoms with Gasteiger partial charge in [0.2, 0.25) is 0 Å². The largest absolute Gasteiger partial charge is 0.494 e. The highest BCUT2D eigenvalue weighted by atomic mass is 127. The molecule has 0 aliphatic rings. The van der Waals surface area contributed by atoms with Crippen LogP contribution in [0.2, 0.25) is 0 Å². The third kappa shape index (κ3) is 10.7. The Morgan fingerprint density at radius 2 is 1.83 bits per heavy atom. The molecule has 0 aliphatic carbocycles. The lowest BCUT2D eigenvalue weighted by atomic mass is 10.2. The third-order valence-electron chi connectivity index (χ3n) is 3.30. The summed E-state index contributed by atoms with van der Waals surface area (Å²) >= 11 is 0. The predicted octanol–water partition coefficient (Wildman–Crippen LogP) is 2.96. The van der Waals surface area contributed by atoms with Crippen LogP contribution in [0.25, 0.3) is 0 Å². The van der Waals surface area contributed by atoms with E-state index in [1.165, 1.54) is 5.56 Å². The zero-order chi connectivity index (χ0) is 17.1. The highest BCUT2D eigenvalue weighted by Gasteiger charge is 2.01. The molecular weight excluding hydrogens is 415 g/mol. The average molecular weight is 448 g/mol. The van der Waals surface area contributed by atoms with Crippen LogP contribution in [-0.4, -0.2) is 51.7 Å². The summed E-state index contributed by atoms with van der Waals surface area (Å²) in [6.45, 7) is 7.82. The molecule has 0 aromatic heterocycles. The smallest absolute Gasteiger partial charge is 0.191 e. The quantitative estimate of drug-likeness (QED) is 0.264. The highest BCUT2D eigenvalue weighted by molar-refractivity contribution is 14.0. The number of hydrogen-bond donors (Lipinski definition) is 2. The molecule has 0 amide bonds. The fraction of sp³-hybridized carbons (Fsp3) is 0.611. The molecule has 0 saturated heterocycles. The minimum atomic E-state index is 0. The first-order valence-electron chi connectivity index (χ1n) is 8.32. The number of rotatable bonds is 9. The van der Waals surface area contributed by atoms with E-state index in [0.29, 0.717) is 5.92 Å². The van der Waals surface area contributed by atoms with Crippen LogP contribution in [0.15, 0.2) is 29.3 Å². The van der Waals surface area contributed by atoms with Gasteiger partial charge in [-0.25, -0.2) is 0 Å². The Morgan fingerprint density at radius 3 is 2.38 bits per heavy atom. The second kappa shape index (κ2) is 13.3. The van der Waals surface area contributed by atoms with Crippen molar-refractivity contribution in [3.8, 4) is 5.75 Å². The Balaban J connectivity index is 0.00000529. The second-order valence-corrected chi connectivity index (χ2v) is 6.35. The van der Waals surface area contributed by atoms with Crippen LogP contribution in [-0.2, 0) is 6.54 Å². The van der Waals surface area contributed by atoms with Crippen molar-refractivity contribution in [2.45, 2.75) is 26.8 Å². The summed E-state index contributed by atoms with van der Waals surface area (Å²) in [4.78, 5) is 6.39. The standard InChI is InChI=1S/C18H32N4O.HI/c1-15(2)13-20-18(19-3)21-14-16-7-9-17(10-8-16)23-12-6-11-22(4)5;/h7-10,15H,6,11-14H2,1-5H3,(H2,19,20,21);1H. The zero-order valence-electron chi connectivity index (χ0n) is 15.6. The van der Waals surface area contributed by atoms with Crippen LogP contribution in [0.3, 0.4) is 0 Å². The Bertz CT molecular complexity index is 461. The van der Waals surface area contributed by atoms with Gasteiger partial charge in [-0.15, -0.1) is 24.0 Å². The van der Waals surface area contributed by atoms with Crippen molar-refractivity contribution < 1.29 is 4.74 Å². The summed E-state index contributed by atoms with van der Waals surface area (Å²) in [5.41, 5.74) is 1.21. The molecule has 0 fully saturated rings. The molecule has 0 radical (unpaired) electrons. The molecule has 0 aliphatic heterocycles. The molecular formula is C18H33IN4O. The molecule has 0 heterocycles. The summed E-state index contributed by atoms with van der Waals surface area (Å²) in [6, 6.07) is 8.22. The van der Waals surface area contributed by atoms with Gasteiger partial charge in [-0.2, -0.15) is 0 Å². The molecule has 0 bridgehead atoms. The summed E-state index contributed by atoms with van der Waals surface area (Å²) < 4.78 is 5.74. The van der Waals surface area contributed by atoms with Crippen LogP contribution < -0.4 is 15.4 Å². The summed E-state index contributed by atoms with van der Waals surface area (Å²) in [5, 5.41) is 6.62. The van der Waals surface area contributed by atoms with Crippen LogP contribution >= 0.6 is 24.0 Å². The number of halogens is 1. The van der Waals surface area contributed by atoms with E-state index < -0.39 is 0 Å². The molecule has 0 unspecified atom stereocenters. The van der Waals surface area contributed by atoms with E-state index in [1.54, 1.807) is 7.05 Å². The Kier molecular flexibility index (Phi) is 12.7. The SMILES string of the molecule is CN=C(NCc1ccc(OCCCN(C)C)cc1)NCC(C)C.I. The van der Waals surface area contributed by atoms with E-state index in [4.69, 9.17) is 4.74 Å². The van der Waals surface area contributed by atoms with Crippen LogP contribution in [0.1, 0.15) is 25.8 Å². The molecule has 0 saturated carbocycles. The zero-order valence-corrected chi connectivity index (χ0v) is 18.0. The van der Waals surface area contributed by atoms with Gasteiger partial charge in [0.05, 0.1) is 6.61 Å². The number of nitrogens with zero attached hydrogens (tertiary/aromatic N) is 2. The minimum absolute atomic E-state index is 0. The van der Waals surface area contributed by atoms with E-state index in [1.807, 2.05) is 12.1 Å². The summed E-state index contributed by atoms with van der Waals surface area (Å²) in [5.74, 6) is 2.36. The molecule has 1 aromatic rings. The summed E-state index contributed by atoms with van der Waals surface area (Å²) in [7, 11) is 5.94. The fourth-order valence-electron chi connectivity index (χ4n) is 1.98. The number of nitrogens with one attached hydrogen (secondary N) is 2. The van der Waals surface area contributed by atoms with E-state index in [-0.39, 0.29) is 24.0 Å². The van der Waals surface area contributed by atoms with E-state index >= 15 is 0 Å². The lowest BCUT2D eigenvalue weighted by Gasteiger charge is -2.14. The number of guanidine groups is 1. The monoisotopic (exact) mass is 448 g/mol. The van der Waals surface area contributed by atoms with Gasteiger partial charge in [0.1, 0.15) is 5.75 Å². The van der Waals surface area contributed by atoms with Crippen molar-refractivity contribution in [3.05, 3.63) is 29.8 Å². The van der Waals surface area contributed by atoms with Crippen molar-refractivity contribution in [1.29, 1.82) is 0 Å². The lowest BCUT2D eigenvalue weighted by molar-refractivity contribution is 0.281. The van der Waals surface area contributed by atoms with Gasteiger partial charge in [-0.05, 0) is 44.1 Å². The molecule has 0 atom stereocenters. The molecule has 138 valence electrons. The maximum absolute atomic E-state index is 5.74. The van der Waals surface area contributed by atoms with Crippen molar-refractivity contribution >= 4 is 29.9 Å². The van der Waals surface area contributed by atoms with Gasteiger partial charge < -0.3 is 20.3 Å². The Morgan fingerprint density at radius 1 is 1.17 bits per heavy atom. The molecule has 24 heavy (non-hydrogen) atoms. The van der Waals surface area contributed by atoms with Gasteiger partial charge in [0, 0.05) is 26.7 Å². The first-order chi connectivity index (χ1) is 11.0. The maximum Gasteiger partial charge on any atom is 0.191 e. The average Bonchev–Trinajstić information content (AvgIpc) is 2.52. The normalized spacial score (nSPS) is 11.4. The molecule has 6 heteroatoms. The number of hydrogen-bond acceptors (Lipinski definition) is 3. The first kappa shape index (κ1) is 23.0. The second-order valence-electron chi connectivity index (χ2n) is 6.35. The lowest BCUT2D eigenvalue weighted by Crippen LogP contribution is -2.38. The predicted molar refractivity (Wildman–Crippen MR) is 114 cm³/mol. The van der Waals surface area contributed by atoms with Crippen molar-refractivity contribution in [1.82, 2.24) is 15.5 Å². The number of ether oxygens (including phenoxy) is 1. The van der Waals surface area contributed by atoms with Crippen LogP contribution in [0.4, 0.5) is 0 Å². The van der Waals surface area contributed by atoms with Crippen molar-refractivity contribution in [3.63, 3.8) is 0 Å². The molecule has 1 rings (SSSR count). The van der Waals surface area contributed by atoms with Crippen LogP contribution in [0, 0.1) is 5.92 Å². The minimum Gasteiger partial charge on any atom is -0.494 e. The van der Waals surface area contributed by atoms with Gasteiger partial charge in [0.15, 0.2) is 5.96 Å². The van der Waals surface area contributed by atoms with Crippen molar-refractivity contribution in [2.75, 3.05) is 40.8 Å². The Hall–Kier alpha value is -1.02. The topological polar surface area (TPSA) is 48.9 Å². The van der Waals surface area contributed by atoms with Crippen LogP contribution in [0.5, 0.6) is 5.75 Å². The van der Waals surface area contributed by atoms with Gasteiger partial charge in [-0.3, -0.25) is 4.99 Å². The fourth-order valence-corrected chi connectivity index (χ4v) is 1.98. The van der Waals surface area contributed by atoms with E-state index in [9.17, 15) is 0 Å². The van der Waals surface area contributed by atoms with E-state index in [2.05, 4.69) is 60.6 Å².